The number of H-pyrrole nitrogens is 1. The van der Waals surface area contributed by atoms with E-state index in [0.29, 0.717) is 5.69 Å². The van der Waals surface area contributed by atoms with Gasteiger partial charge in [0.15, 0.2) is 5.69 Å². The van der Waals surface area contributed by atoms with Crippen molar-refractivity contribution in [3.05, 3.63) is 52.8 Å². The molecule has 1 amide bonds. The molecule has 0 spiro atoms. The van der Waals surface area contributed by atoms with Crippen LogP contribution < -0.4 is 0 Å². The van der Waals surface area contributed by atoms with Crippen molar-refractivity contribution < 1.29 is 4.79 Å². The summed E-state index contributed by atoms with van der Waals surface area (Å²) in [6, 6.07) is 10.5. The van der Waals surface area contributed by atoms with Crippen molar-refractivity contribution in [1.29, 1.82) is 0 Å². The smallest absolute Gasteiger partial charge is 0.275 e. The maximum atomic E-state index is 13.1. The van der Waals surface area contributed by atoms with E-state index in [0.717, 1.165) is 50.2 Å². The Hall–Kier alpha value is -2.14. The van der Waals surface area contributed by atoms with Crippen LogP contribution in [0.4, 0.5) is 0 Å². The highest BCUT2D eigenvalue weighted by Crippen LogP contribution is 2.33. The first-order valence-electron chi connectivity index (χ1n) is 8.34. The minimum atomic E-state index is 0.0733. The lowest BCUT2D eigenvalue weighted by Crippen LogP contribution is -2.33. The van der Waals surface area contributed by atoms with Crippen molar-refractivity contribution in [3.8, 4) is 0 Å². The number of aromatic amines is 1. The van der Waals surface area contributed by atoms with Gasteiger partial charge in [-0.15, -0.1) is 0 Å². The lowest BCUT2D eigenvalue weighted by atomic mass is 10.0. The quantitative estimate of drug-likeness (QED) is 0.926. The molecule has 23 heavy (non-hydrogen) atoms. The largest absolute Gasteiger partial charge is 0.330 e. The van der Waals surface area contributed by atoms with E-state index in [1.54, 1.807) is 0 Å². The van der Waals surface area contributed by atoms with Crippen LogP contribution in [0.1, 0.15) is 46.2 Å². The highest BCUT2D eigenvalue weighted by Gasteiger charge is 2.34. The molecular formula is C18H22N4O. The Labute approximate surface area is 136 Å². The average Bonchev–Trinajstić information content (AvgIpc) is 3.21. The molecule has 1 N–H and O–H groups in total. The number of likely N-dealkylation sites (N-methyl/N-ethyl adjacent to an activating group) is 1. The van der Waals surface area contributed by atoms with E-state index >= 15 is 0 Å². The number of aromatic nitrogens is 2. The van der Waals surface area contributed by atoms with Crippen molar-refractivity contribution >= 4 is 5.91 Å². The van der Waals surface area contributed by atoms with Gasteiger partial charge in [0.25, 0.3) is 5.91 Å². The van der Waals surface area contributed by atoms with Crippen LogP contribution in [0.3, 0.4) is 0 Å². The number of carbonyl (C=O) groups excluding carboxylic acids is 1. The van der Waals surface area contributed by atoms with Crippen LogP contribution in [0.25, 0.3) is 0 Å². The molecule has 5 heteroatoms. The van der Waals surface area contributed by atoms with Gasteiger partial charge >= 0.3 is 0 Å². The maximum Gasteiger partial charge on any atom is 0.275 e. The topological polar surface area (TPSA) is 52.2 Å². The second-order valence-electron chi connectivity index (χ2n) is 6.58. The van der Waals surface area contributed by atoms with Crippen molar-refractivity contribution in [2.45, 2.75) is 31.8 Å². The zero-order chi connectivity index (χ0) is 15.8. The Balaban J connectivity index is 1.63. The van der Waals surface area contributed by atoms with Gasteiger partial charge in [-0.25, -0.2) is 0 Å². The Morgan fingerprint density at radius 1 is 1.26 bits per heavy atom. The zero-order valence-electron chi connectivity index (χ0n) is 13.5. The molecule has 2 aliphatic rings. The lowest BCUT2D eigenvalue weighted by Gasteiger charge is -2.26. The fourth-order valence-corrected chi connectivity index (χ4v) is 3.77. The lowest BCUT2D eigenvalue weighted by molar-refractivity contribution is 0.0727. The zero-order valence-corrected chi connectivity index (χ0v) is 13.5. The van der Waals surface area contributed by atoms with Crippen LogP contribution in [-0.2, 0) is 13.0 Å². The number of carbonyl (C=O) groups is 1. The van der Waals surface area contributed by atoms with E-state index in [2.05, 4.69) is 34.3 Å². The molecule has 0 saturated carbocycles. The van der Waals surface area contributed by atoms with Gasteiger partial charge < -0.3 is 9.80 Å². The Morgan fingerprint density at radius 3 is 2.91 bits per heavy atom. The number of hydrogen-bond acceptors (Lipinski definition) is 3. The first-order chi connectivity index (χ1) is 11.2. The predicted octanol–water partition coefficient (Wildman–Crippen LogP) is 2.37. The number of fused-ring (bicyclic) bond motifs is 1. The molecule has 0 bridgehead atoms. The highest BCUT2D eigenvalue weighted by molar-refractivity contribution is 5.94. The third-order valence-corrected chi connectivity index (χ3v) is 5.02. The van der Waals surface area contributed by atoms with Gasteiger partial charge in [-0.3, -0.25) is 9.89 Å². The SMILES string of the molecule is CN1CCc2[nH]nc(C(=O)N3CCCC3c3ccccc3)c2C1. The molecular weight excluding hydrogens is 288 g/mol. The summed E-state index contributed by atoms with van der Waals surface area (Å²) in [6.07, 6.45) is 3.02. The van der Waals surface area contributed by atoms with Crippen molar-refractivity contribution in [2.75, 3.05) is 20.1 Å². The summed E-state index contributed by atoms with van der Waals surface area (Å²) in [4.78, 5) is 17.3. The first-order valence-corrected chi connectivity index (χ1v) is 8.34. The number of nitrogens with one attached hydrogen (secondary N) is 1. The van der Waals surface area contributed by atoms with Crippen LogP contribution in [0, 0.1) is 0 Å². The van der Waals surface area contributed by atoms with Crippen molar-refractivity contribution in [2.24, 2.45) is 0 Å². The number of benzene rings is 1. The van der Waals surface area contributed by atoms with E-state index in [4.69, 9.17) is 0 Å². The molecule has 1 fully saturated rings. The summed E-state index contributed by atoms with van der Waals surface area (Å²) in [5.41, 5.74) is 4.05. The number of nitrogens with zero attached hydrogens (tertiary/aromatic N) is 3. The Bertz CT molecular complexity index is 709. The summed E-state index contributed by atoms with van der Waals surface area (Å²) in [5, 5.41) is 7.44. The maximum absolute atomic E-state index is 13.1. The van der Waals surface area contributed by atoms with Crippen LogP contribution >= 0.6 is 0 Å². The van der Waals surface area contributed by atoms with Gasteiger partial charge in [-0.05, 0) is 25.5 Å². The van der Waals surface area contributed by atoms with E-state index in [-0.39, 0.29) is 11.9 Å². The third-order valence-electron chi connectivity index (χ3n) is 5.02. The highest BCUT2D eigenvalue weighted by atomic mass is 16.2. The molecule has 120 valence electrons. The standard InChI is InChI=1S/C18H22N4O/c1-21-11-9-15-14(12-21)17(20-19-15)18(23)22-10-5-8-16(22)13-6-3-2-4-7-13/h2-4,6-7,16H,5,8-12H2,1H3,(H,19,20). The summed E-state index contributed by atoms with van der Waals surface area (Å²) in [5.74, 6) is 0.0733. The van der Waals surface area contributed by atoms with E-state index < -0.39 is 0 Å². The summed E-state index contributed by atoms with van der Waals surface area (Å²) >= 11 is 0. The van der Waals surface area contributed by atoms with E-state index in [1.807, 2.05) is 23.1 Å². The first kappa shape index (κ1) is 14.5. The van der Waals surface area contributed by atoms with Gasteiger partial charge in [0.05, 0.1) is 6.04 Å². The van der Waals surface area contributed by atoms with Gasteiger partial charge in [-0.1, -0.05) is 30.3 Å². The molecule has 1 aromatic heterocycles. The molecule has 1 unspecified atom stereocenters. The van der Waals surface area contributed by atoms with Crippen LogP contribution in [0.5, 0.6) is 0 Å². The second kappa shape index (κ2) is 5.81. The van der Waals surface area contributed by atoms with Gasteiger partial charge in [0.2, 0.25) is 0 Å². The van der Waals surface area contributed by atoms with E-state index in [9.17, 15) is 4.79 Å². The molecule has 2 aromatic rings. The predicted molar refractivity (Wildman–Crippen MR) is 88.1 cm³/mol. The fraction of sp³-hybridized carbons (Fsp3) is 0.444. The monoisotopic (exact) mass is 310 g/mol. The normalized spacial score (nSPS) is 21.4. The van der Waals surface area contributed by atoms with Crippen molar-refractivity contribution in [1.82, 2.24) is 20.0 Å². The molecule has 3 heterocycles. The minimum Gasteiger partial charge on any atom is -0.330 e. The van der Waals surface area contributed by atoms with Crippen LogP contribution in [-0.4, -0.2) is 46.0 Å². The Morgan fingerprint density at radius 2 is 2.09 bits per heavy atom. The second-order valence-corrected chi connectivity index (χ2v) is 6.58. The van der Waals surface area contributed by atoms with Gasteiger partial charge in [-0.2, -0.15) is 5.10 Å². The molecule has 0 radical (unpaired) electrons. The molecule has 1 atom stereocenters. The van der Waals surface area contributed by atoms with Gasteiger partial charge in [0.1, 0.15) is 0 Å². The molecule has 5 nitrogen and oxygen atoms in total. The summed E-state index contributed by atoms with van der Waals surface area (Å²) in [7, 11) is 2.09. The molecule has 4 rings (SSSR count). The molecule has 1 aromatic carbocycles. The minimum absolute atomic E-state index is 0.0733. The van der Waals surface area contributed by atoms with Crippen LogP contribution in [0.15, 0.2) is 30.3 Å². The van der Waals surface area contributed by atoms with Gasteiger partial charge in [0, 0.05) is 37.3 Å². The van der Waals surface area contributed by atoms with Crippen molar-refractivity contribution in [3.63, 3.8) is 0 Å². The summed E-state index contributed by atoms with van der Waals surface area (Å²) in [6.45, 7) is 2.63. The third kappa shape index (κ3) is 2.55. The summed E-state index contributed by atoms with van der Waals surface area (Å²) < 4.78 is 0. The van der Waals surface area contributed by atoms with E-state index in [1.165, 1.54) is 5.56 Å². The average molecular weight is 310 g/mol. The number of likely N-dealkylation sites (tertiary alicyclic amines) is 1. The molecule has 2 aliphatic heterocycles. The number of amides is 1. The molecule has 1 saturated heterocycles. The number of hydrogen-bond donors (Lipinski definition) is 1. The Kier molecular flexibility index (Phi) is 3.65. The fourth-order valence-electron chi connectivity index (χ4n) is 3.77. The number of rotatable bonds is 2. The molecule has 0 aliphatic carbocycles. The van der Waals surface area contributed by atoms with Crippen LogP contribution in [0.2, 0.25) is 0 Å².